The van der Waals surface area contributed by atoms with Crippen molar-refractivity contribution in [3.05, 3.63) is 53.1 Å². The summed E-state index contributed by atoms with van der Waals surface area (Å²) < 4.78 is 5.43. The molecule has 0 spiro atoms. The van der Waals surface area contributed by atoms with Gasteiger partial charge in [0.2, 0.25) is 0 Å². The first-order chi connectivity index (χ1) is 13.6. The third-order valence-corrected chi connectivity index (χ3v) is 5.82. The number of hydrogen-bond donors (Lipinski definition) is 0. The van der Waals surface area contributed by atoms with E-state index in [4.69, 9.17) is 4.74 Å². The Labute approximate surface area is 166 Å². The SMILES string of the molecule is Cc1ccc(C)c(N2CCN(C(=O)c3cc(C4CCOCC4)ncn3)CC2)c1. The van der Waals surface area contributed by atoms with Crippen LogP contribution < -0.4 is 4.90 Å². The lowest BCUT2D eigenvalue weighted by Gasteiger charge is -2.36. The molecule has 4 rings (SSSR count). The lowest BCUT2D eigenvalue weighted by atomic mass is 9.96. The second-order valence-corrected chi connectivity index (χ2v) is 7.78. The number of rotatable bonds is 3. The van der Waals surface area contributed by atoms with Gasteiger partial charge in [-0.15, -0.1) is 0 Å². The molecule has 28 heavy (non-hydrogen) atoms. The van der Waals surface area contributed by atoms with Gasteiger partial charge >= 0.3 is 0 Å². The fraction of sp³-hybridized carbons (Fsp3) is 0.500. The third-order valence-electron chi connectivity index (χ3n) is 5.82. The van der Waals surface area contributed by atoms with Gasteiger partial charge in [0.15, 0.2) is 0 Å². The molecule has 2 saturated heterocycles. The lowest BCUT2D eigenvalue weighted by molar-refractivity contribution is 0.0739. The molecule has 2 fully saturated rings. The molecule has 2 aliphatic rings. The lowest BCUT2D eigenvalue weighted by Crippen LogP contribution is -2.49. The Morgan fingerprint density at radius 2 is 1.79 bits per heavy atom. The molecule has 2 aliphatic heterocycles. The molecule has 0 saturated carbocycles. The number of amides is 1. The Bertz CT molecular complexity index is 840. The Kier molecular flexibility index (Phi) is 5.57. The Balaban J connectivity index is 1.42. The van der Waals surface area contributed by atoms with Gasteiger partial charge in [0.1, 0.15) is 12.0 Å². The largest absolute Gasteiger partial charge is 0.381 e. The van der Waals surface area contributed by atoms with Gasteiger partial charge in [0.05, 0.1) is 0 Å². The number of ether oxygens (including phenoxy) is 1. The summed E-state index contributed by atoms with van der Waals surface area (Å²) in [4.78, 5) is 26.0. The Hall–Kier alpha value is -2.47. The van der Waals surface area contributed by atoms with Crippen molar-refractivity contribution in [2.45, 2.75) is 32.6 Å². The molecule has 0 unspecified atom stereocenters. The van der Waals surface area contributed by atoms with Crippen LogP contribution in [0.3, 0.4) is 0 Å². The monoisotopic (exact) mass is 380 g/mol. The second kappa shape index (κ2) is 8.27. The molecule has 3 heterocycles. The molecule has 1 amide bonds. The summed E-state index contributed by atoms with van der Waals surface area (Å²) in [5.41, 5.74) is 5.30. The number of aromatic nitrogens is 2. The minimum atomic E-state index is 0.0105. The van der Waals surface area contributed by atoms with Crippen molar-refractivity contribution in [2.24, 2.45) is 0 Å². The van der Waals surface area contributed by atoms with Crippen molar-refractivity contribution in [3.63, 3.8) is 0 Å². The fourth-order valence-corrected chi connectivity index (χ4v) is 4.08. The number of hydrogen-bond acceptors (Lipinski definition) is 5. The van der Waals surface area contributed by atoms with Crippen LogP contribution in [0.1, 0.15) is 46.1 Å². The van der Waals surface area contributed by atoms with Crippen molar-refractivity contribution >= 4 is 11.6 Å². The maximum atomic E-state index is 13.0. The first-order valence-electron chi connectivity index (χ1n) is 10.1. The number of anilines is 1. The van der Waals surface area contributed by atoms with Gasteiger partial charge in [0, 0.05) is 56.7 Å². The zero-order valence-electron chi connectivity index (χ0n) is 16.7. The number of carbonyl (C=O) groups excluding carboxylic acids is 1. The van der Waals surface area contributed by atoms with E-state index in [2.05, 4.69) is 46.9 Å². The molecule has 148 valence electrons. The van der Waals surface area contributed by atoms with Crippen LogP contribution in [0.15, 0.2) is 30.6 Å². The first kappa shape index (κ1) is 18.9. The van der Waals surface area contributed by atoms with E-state index in [-0.39, 0.29) is 5.91 Å². The highest BCUT2D eigenvalue weighted by atomic mass is 16.5. The van der Waals surface area contributed by atoms with Crippen LogP contribution in [0.25, 0.3) is 0 Å². The summed E-state index contributed by atoms with van der Waals surface area (Å²) in [5, 5.41) is 0. The second-order valence-electron chi connectivity index (χ2n) is 7.78. The van der Waals surface area contributed by atoms with Crippen molar-refractivity contribution in [3.8, 4) is 0 Å². The molecular formula is C22H28N4O2. The average Bonchev–Trinajstić information content (AvgIpc) is 2.76. The molecule has 6 nitrogen and oxygen atoms in total. The number of piperazine rings is 1. The molecule has 0 atom stereocenters. The maximum Gasteiger partial charge on any atom is 0.272 e. The number of benzene rings is 1. The van der Waals surface area contributed by atoms with E-state index in [0.717, 1.165) is 44.8 Å². The van der Waals surface area contributed by atoms with E-state index in [1.165, 1.54) is 23.1 Å². The van der Waals surface area contributed by atoms with E-state index in [1.54, 1.807) is 0 Å². The molecule has 0 N–H and O–H groups in total. The van der Waals surface area contributed by atoms with Crippen molar-refractivity contribution < 1.29 is 9.53 Å². The predicted molar refractivity (Wildman–Crippen MR) is 109 cm³/mol. The van der Waals surface area contributed by atoms with Crippen molar-refractivity contribution in [1.82, 2.24) is 14.9 Å². The van der Waals surface area contributed by atoms with E-state index in [0.29, 0.717) is 24.7 Å². The summed E-state index contributed by atoms with van der Waals surface area (Å²) >= 11 is 0. The third kappa shape index (κ3) is 4.02. The molecule has 0 radical (unpaired) electrons. The predicted octanol–water partition coefficient (Wildman–Crippen LogP) is 2.95. The first-order valence-corrected chi connectivity index (χ1v) is 10.1. The highest BCUT2D eigenvalue weighted by Gasteiger charge is 2.25. The minimum Gasteiger partial charge on any atom is -0.381 e. The van der Waals surface area contributed by atoms with Gasteiger partial charge in [-0.2, -0.15) is 0 Å². The highest BCUT2D eigenvalue weighted by molar-refractivity contribution is 5.92. The average molecular weight is 380 g/mol. The van der Waals surface area contributed by atoms with Crippen LogP contribution in [-0.4, -0.2) is 60.2 Å². The van der Waals surface area contributed by atoms with Crippen molar-refractivity contribution in [2.75, 3.05) is 44.3 Å². The minimum absolute atomic E-state index is 0.0105. The summed E-state index contributed by atoms with van der Waals surface area (Å²) in [6.45, 7) is 8.89. The molecule has 1 aromatic heterocycles. The summed E-state index contributed by atoms with van der Waals surface area (Å²) in [5.74, 6) is 0.376. The van der Waals surface area contributed by atoms with Gasteiger partial charge in [-0.25, -0.2) is 9.97 Å². The van der Waals surface area contributed by atoms with Crippen LogP contribution in [0.2, 0.25) is 0 Å². The molecular weight excluding hydrogens is 352 g/mol. The van der Waals surface area contributed by atoms with Crippen molar-refractivity contribution in [1.29, 1.82) is 0 Å². The number of nitrogens with zero attached hydrogens (tertiary/aromatic N) is 4. The van der Waals surface area contributed by atoms with Gasteiger partial charge in [-0.05, 0) is 49.9 Å². The van der Waals surface area contributed by atoms with Gasteiger partial charge in [-0.3, -0.25) is 4.79 Å². The molecule has 2 aromatic rings. The van der Waals surface area contributed by atoms with Gasteiger partial charge in [-0.1, -0.05) is 12.1 Å². The van der Waals surface area contributed by atoms with Crippen LogP contribution in [0, 0.1) is 13.8 Å². The van der Waals surface area contributed by atoms with E-state index >= 15 is 0 Å². The van der Waals surface area contributed by atoms with Gasteiger partial charge < -0.3 is 14.5 Å². The van der Waals surface area contributed by atoms with Crippen LogP contribution >= 0.6 is 0 Å². The summed E-state index contributed by atoms with van der Waals surface area (Å²) in [7, 11) is 0. The molecule has 0 aliphatic carbocycles. The quantitative estimate of drug-likeness (QED) is 0.819. The Morgan fingerprint density at radius 3 is 2.54 bits per heavy atom. The topological polar surface area (TPSA) is 58.6 Å². The normalized spacial score (nSPS) is 18.4. The maximum absolute atomic E-state index is 13.0. The van der Waals surface area contributed by atoms with E-state index < -0.39 is 0 Å². The van der Waals surface area contributed by atoms with E-state index in [9.17, 15) is 4.79 Å². The molecule has 6 heteroatoms. The summed E-state index contributed by atoms with van der Waals surface area (Å²) in [6, 6.07) is 8.43. The molecule has 1 aromatic carbocycles. The zero-order chi connectivity index (χ0) is 19.5. The summed E-state index contributed by atoms with van der Waals surface area (Å²) in [6.07, 6.45) is 3.45. The standard InChI is InChI=1S/C22H28N4O2/c1-16-3-4-17(2)21(13-16)25-7-9-26(10-8-25)22(27)20-14-19(23-15-24-20)18-5-11-28-12-6-18/h3-4,13-15,18H,5-12H2,1-2H3. The zero-order valence-corrected chi connectivity index (χ0v) is 16.7. The number of aryl methyl sites for hydroxylation is 2. The fourth-order valence-electron chi connectivity index (χ4n) is 4.08. The Morgan fingerprint density at radius 1 is 1.04 bits per heavy atom. The molecule has 0 bridgehead atoms. The van der Waals surface area contributed by atoms with Crippen LogP contribution in [-0.2, 0) is 4.74 Å². The van der Waals surface area contributed by atoms with E-state index in [1.807, 2.05) is 11.0 Å². The van der Waals surface area contributed by atoms with Crippen LogP contribution in [0.4, 0.5) is 5.69 Å². The smallest absolute Gasteiger partial charge is 0.272 e. The van der Waals surface area contributed by atoms with Crippen LogP contribution in [0.5, 0.6) is 0 Å². The number of carbonyl (C=O) groups is 1. The highest BCUT2D eigenvalue weighted by Crippen LogP contribution is 2.26. The van der Waals surface area contributed by atoms with Gasteiger partial charge in [0.25, 0.3) is 5.91 Å².